The lowest BCUT2D eigenvalue weighted by molar-refractivity contribution is 0.112. The average Bonchev–Trinajstić information content (AvgIpc) is 2.53. The van der Waals surface area contributed by atoms with Crippen molar-refractivity contribution in [3.05, 3.63) is 48.2 Å². The molecule has 1 aromatic carbocycles. The Bertz CT molecular complexity index is 703. The van der Waals surface area contributed by atoms with Gasteiger partial charge in [0, 0.05) is 29.9 Å². The molecule has 0 saturated heterocycles. The predicted molar refractivity (Wildman–Crippen MR) is 88.6 cm³/mol. The number of nitrogens with zero attached hydrogens (tertiary/aromatic N) is 2. The van der Waals surface area contributed by atoms with Crippen LogP contribution in [0.25, 0.3) is 11.3 Å². The standard InChI is InChI=1S/C18H20N2O3/c1-18(2,3)20(4)17(22)23-15-7-5-6-14(10-15)16-9-8-13(12-21)11-19-16/h5-12H,1-4H3. The minimum absolute atomic E-state index is 0.319. The molecule has 0 aliphatic rings. The van der Waals surface area contributed by atoms with Gasteiger partial charge in [-0.2, -0.15) is 0 Å². The fourth-order valence-electron chi connectivity index (χ4n) is 1.81. The number of benzene rings is 1. The highest BCUT2D eigenvalue weighted by Crippen LogP contribution is 2.23. The highest BCUT2D eigenvalue weighted by molar-refractivity contribution is 5.75. The smallest absolute Gasteiger partial charge is 0.410 e. The van der Waals surface area contributed by atoms with Crippen LogP contribution in [0.3, 0.4) is 0 Å². The van der Waals surface area contributed by atoms with E-state index in [1.165, 1.54) is 11.1 Å². The molecule has 1 amide bonds. The Morgan fingerprint density at radius 3 is 2.52 bits per heavy atom. The number of hydrogen-bond donors (Lipinski definition) is 0. The molecular formula is C18H20N2O3. The molecule has 1 heterocycles. The van der Waals surface area contributed by atoms with Gasteiger partial charge in [-0.25, -0.2) is 4.79 Å². The summed E-state index contributed by atoms with van der Waals surface area (Å²) in [6, 6.07) is 10.6. The molecule has 0 saturated carbocycles. The van der Waals surface area contributed by atoms with Gasteiger partial charge in [0.1, 0.15) is 5.75 Å². The van der Waals surface area contributed by atoms with E-state index in [-0.39, 0.29) is 5.54 Å². The van der Waals surface area contributed by atoms with E-state index in [1.807, 2.05) is 26.8 Å². The summed E-state index contributed by atoms with van der Waals surface area (Å²) in [6.45, 7) is 5.80. The van der Waals surface area contributed by atoms with Crippen molar-refractivity contribution >= 4 is 12.4 Å². The molecule has 0 aliphatic carbocycles. The predicted octanol–water partition coefficient (Wildman–Crippen LogP) is 3.79. The Labute approximate surface area is 135 Å². The second-order valence-electron chi connectivity index (χ2n) is 6.22. The third-order valence-electron chi connectivity index (χ3n) is 3.54. The van der Waals surface area contributed by atoms with Crippen molar-refractivity contribution in [1.82, 2.24) is 9.88 Å². The van der Waals surface area contributed by atoms with E-state index in [1.54, 1.807) is 37.4 Å². The maximum Gasteiger partial charge on any atom is 0.415 e. The topological polar surface area (TPSA) is 59.5 Å². The second kappa shape index (κ2) is 6.60. The van der Waals surface area contributed by atoms with Crippen molar-refractivity contribution in [2.75, 3.05) is 7.05 Å². The number of ether oxygens (including phenoxy) is 1. The summed E-state index contributed by atoms with van der Waals surface area (Å²) >= 11 is 0. The third-order valence-corrected chi connectivity index (χ3v) is 3.54. The minimum atomic E-state index is -0.418. The second-order valence-corrected chi connectivity index (χ2v) is 6.22. The molecule has 120 valence electrons. The molecule has 0 bridgehead atoms. The van der Waals surface area contributed by atoms with Gasteiger partial charge in [-0.3, -0.25) is 9.78 Å². The molecule has 2 rings (SSSR count). The number of hydrogen-bond acceptors (Lipinski definition) is 4. The van der Waals surface area contributed by atoms with E-state index >= 15 is 0 Å². The summed E-state index contributed by atoms with van der Waals surface area (Å²) in [5.41, 5.74) is 1.72. The van der Waals surface area contributed by atoms with Crippen molar-refractivity contribution in [2.24, 2.45) is 0 Å². The summed E-state index contributed by atoms with van der Waals surface area (Å²) in [4.78, 5) is 28.6. The van der Waals surface area contributed by atoms with Crippen LogP contribution in [0.15, 0.2) is 42.6 Å². The van der Waals surface area contributed by atoms with E-state index < -0.39 is 6.09 Å². The highest BCUT2D eigenvalue weighted by atomic mass is 16.6. The molecule has 5 nitrogen and oxygen atoms in total. The Hall–Kier alpha value is -2.69. The van der Waals surface area contributed by atoms with Crippen molar-refractivity contribution < 1.29 is 14.3 Å². The highest BCUT2D eigenvalue weighted by Gasteiger charge is 2.24. The molecule has 0 radical (unpaired) electrons. The number of pyridine rings is 1. The first kappa shape index (κ1) is 16.7. The molecule has 0 aliphatic heterocycles. The maximum absolute atomic E-state index is 12.1. The van der Waals surface area contributed by atoms with Crippen molar-refractivity contribution in [3.8, 4) is 17.0 Å². The molecule has 5 heteroatoms. The number of carbonyl (C=O) groups excluding carboxylic acids is 2. The van der Waals surface area contributed by atoms with Gasteiger partial charge in [0.2, 0.25) is 0 Å². The zero-order chi connectivity index (χ0) is 17.0. The van der Waals surface area contributed by atoms with Crippen molar-refractivity contribution in [1.29, 1.82) is 0 Å². The van der Waals surface area contributed by atoms with Crippen LogP contribution in [0.1, 0.15) is 31.1 Å². The summed E-state index contributed by atoms with van der Waals surface area (Å²) in [5, 5.41) is 0. The van der Waals surface area contributed by atoms with Crippen LogP contribution in [0.5, 0.6) is 5.75 Å². The summed E-state index contributed by atoms with van der Waals surface area (Å²) in [6.07, 6.45) is 1.84. The lowest BCUT2D eigenvalue weighted by Crippen LogP contribution is -2.44. The minimum Gasteiger partial charge on any atom is -0.410 e. The first-order valence-electron chi connectivity index (χ1n) is 7.28. The van der Waals surface area contributed by atoms with Crippen LogP contribution in [0.2, 0.25) is 0 Å². The summed E-state index contributed by atoms with van der Waals surface area (Å²) in [5.74, 6) is 0.449. The number of aldehydes is 1. The average molecular weight is 312 g/mol. The van der Waals surface area contributed by atoms with E-state index in [0.717, 1.165) is 11.8 Å². The zero-order valence-electron chi connectivity index (χ0n) is 13.7. The normalized spacial score (nSPS) is 11.0. The molecule has 0 unspecified atom stereocenters. The monoisotopic (exact) mass is 312 g/mol. The van der Waals surface area contributed by atoms with E-state index in [9.17, 15) is 9.59 Å². The van der Waals surface area contributed by atoms with Crippen LogP contribution < -0.4 is 4.74 Å². The van der Waals surface area contributed by atoms with Gasteiger partial charge >= 0.3 is 6.09 Å². The molecule has 1 aromatic heterocycles. The Kier molecular flexibility index (Phi) is 4.79. The molecular weight excluding hydrogens is 292 g/mol. The van der Waals surface area contributed by atoms with Gasteiger partial charge in [-0.1, -0.05) is 12.1 Å². The van der Waals surface area contributed by atoms with Gasteiger partial charge in [-0.05, 0) is 45.0 Å². The fourth-order valence-corrected chi connectivity index (χ4v) is 1.81. The summed E-state index contributed by atoms with van der Waals surface area (Å²) in [7, 11) is 1.70. The lowest BCUT2D eigenvalue weighted by Gasteiger charge is -2.30. The number of carbonyl (C=O) groups is 2. The lowest BCUT2D eigenvalue weighted by atomic mass is 10.1. The first-order chi connectivity index (χ1) is 10.8. The van der Waals surface area contributed by atoms with Gasteiger partial charge in [0.15, 0.2) is 6.29 Å². The molecule has 0 atom stereocenters. The van der Waals surface area contributed by atoms with Crippen molar-refractivity contribution in [2.45, 2.75) is 26.3 Å². The van der Waals surface area contributed by atoms with Crippen LogP contribution in [0.4, 0.5) is 4.79 Å². The molecule has 23 heavy (non-hydrogen) atoms. The fraction of sp³-hybridized carbons (Fsp3) is 0.278. The van der Waals surface area contributed by atoms with Crippen LogP contribution in [-0.2, 0) is 0 Å². The SMILES string of the molecule is CN(C(=O)Oc1cccc(-c2ccc(C=O)cn2)c1)C(C)(C)C. The van der Waals surface area contributed by atoms with E-state index in [2.05, 4.69) is 4.98 Å². The molecule has 0 fully saturated rings. The van der Waals surface area contributed by atoms with Gasteiger partial charge in [-0.15, -0.1) is 0 Å². The molecule has 0 spiro atoms. The van der Waals surface area contributed by atoms with E-state index in [0.29, 0.717) is 17.0 Å². The number of rotatable bonds is 3. The van der Waals surface area contributed by atoms with Gasteiger partial charge in [0.25, 0.3) is 0 Å². The quantitative estimate of drug-likeness (QED) is 0.809. The number of aromatic nitrogens is 1. The number of amides is 1. The Balaban J connectivity index is 2.19. The van der Waals surface area contributed by atoms with Crippen molar-refractivity contribution in [3.63, 3.8) is 0 Å². The third kappa shape index (κ3) is 4.16. The molecule has 0 N–H and O–H groups in total. The van der Waals surface area contributed by atoms with Crippen LogP contribution in [0, 0.1) is 0 Å². The van der Waals surface area contributed by atoms with E-state index in [4.69, 9.17) is 4.74 Å². The zero-order valence-corrected chi connectivity index (χ0v) is 13.7. The largest absolute Gasteiger partial charge is 0.415 e. The summed E-state index contributed by atoms with van der Waals surface area (Å²) < 4.78 is 5.41. The van der Waals surface area contributed by atoms with Gasteiger partial charge < -0.3 is 9.64 Å². The Morgan fingerprint density at radius 1 is 1.22 bits per heavy atom. The van der Waals surface area contributed by atoms with Gasteiger partial charge in [0.05, 0.1) is 5.69 Å². The first-order valence-corrected chi connectivity index (χ1v) is 7.28. The van der Waals surface area contributed by atoms with Crippen LogP contribution >= 0.6 is 0 Å². The Morgan fingerprint density at radius 2 is 1.96 bits per heavy atom. The maximum atomic E-state index is 12.1. The van der Waals surface area contributed by atoms with Crippen LogP contribution in [-0.4, -0.2) is 34.8 Å². The molecule has 2 aromatic rings.